The molecule has 23 heavy (non-hydrogen) atoms. The van der Waals surface area contributed by atoms with Crippen LogP contribution in [0.3, 0.4) is 0 Å². The summed E-state index contributed by atoms with van der Waals surface area (Å²) >= 11 is 0. The summed E-state index contributed by atoms with van der Waals surface area (Å²) in [6, 6.07) is 8.26. The van der Waals surface area contributed by atoms with Crippen LogP contribution in [0.2, 0.25) is 0 Å². The zero-order valence-corrected chi connectivity index (χ0v) is 14.4. The number of hydrogen-bond acceptors (Lipinski definition) is 4. The lowest BCUT2D eigenvalue weighted by Gasteiger charge is -2.33. The molecule has 128 valence electrons. The van der Waals surface area contributed by atoms with Gasteiger partial charge in [-0.05, 0) is 31.7 Å². The molecule has 0 radical (unpaired) electrons. The number of ether oxygens (including phenoxy) is 2. The van der Waals surface area contributed by atoms with E-state index in [0.29, 0.717) is 26.3 Å². The van der Waals surface area contributed by atoms with Crippen molar-refractivity contribution in [1.29, 1.82) is 0 Å². The molecule has 0 amide bonds. The van der Waals surface area contributed by atoms with Crippen molar-refractivity contribution in [2.75, 3.05) is 32.9 Å². The minimum Gasteiger partial charge on any atom is -0.378 e. The Balaban J connectivity index is 1.67. The van der Waals surface area contributed by atoms with Crippen LogP contribution >= 0.6 is 0 Å². The predicted molar refractivity (Wildman–Crippen MR) is 89.0 cm³/mol. The Morgan fingerprint density at radius 1 is 1.22 bits per heavy atom. The van der Waals surface area contributed by atoms with Crippen LogP contribution in [-0.2, 0) is 25.9 Å². The molecule has 0 N–H and O–H groups in total. The second kappa shape index (κ2) is 7.30. The number of rotatable bonds is 7. The molecular weight excluding hydrogens is 314 g/mol. The van der Waals surface area contributed by atoms with Crippen LogP contribution in [0, 0.1) is 6.92 Å². The highest BCUT2D eigenvalue weighted by Crippen LogP contribution is 2.21. The summed E-state index contributed by atoms with van der Waals surface area (Å²) < 4.78 is 37.9. The van der Waals surface area contributed by atoms with Crippen molar-refractivity contribution in [3.8, 4) is 0 Å². The van der Waals surface area contributed by atoms with E-state index in [0.717, 1.165) is 31.4 Å². The Morgan fingerprint density at radius 3 is 2.52 bits per heavy atom. The molecule has 1 atom stereocenters. The predicted octanol–water partition coefficient (Wildman–Crippen LogP) is 1.75. The number of hydrogen-bond donors (Lipinski definition) is 0. The molecule has 2 aliphatic heterocycles. The highest BCUT2D eigenvalue weighted by molar-refractivity contribution is 7.89. The van der Waals surface area contributed by atoms with E-state index >= 15 is 0 Å². The van der Waals surface area contributed by atoms with E-state index in [4.69, 9.17) is 9.47 Å². The molecule has 2 fully saturated rings. The van der Waals surface area contributed by atoms with Gasteiger partial charge < -0.3 is 9.47 Å². The Labute approximate surface area is 138 Å². The Hall–Kier alpha value is -0.950. The highest BCUT2D eigenvalue weighted by atomic mass is 32.2. The molecule has 2 saturated heterocycles. The fourth-order valence-corrected chi connectivity index (χ4v) is 4.62. The lowest BCUT2D eigenvalue weighted by molar-refractivity contribution is 0.0374. The zero-order valence-electron chi connectivity index (χ0n) is 13.6. The van der Waals surface area contributed by atoms with Crippen molar-refractivity contribution in [1.82, 2.24) is 4.31 Å². The Bertz CT molecular complexity index is 604. The second-order valence-electron chi connectivity index (χ2n) is 6.43. The van der Waals surface area contributed by atoms with Crippen LogP contribution < -0.4 is 0 Å². The lowest BCUT2D eigenvalue weighted by Crippen LogP contribution is -2.51. The van der Waals surface area contributed by atoms with Gasteiger partial charge in [-0.3, -0.25) is 0 Å². The minimum absolute atomic E-state index is 0.0313. The van der Waals surface area contributed by atoms with Crippen molar-refractivity contribution in [2.24, 2.45) is 0 Å². The van der Waals surface area contributed by atoms with Gasteiger partial charge in [-0.1, -0.05) is 29.8 Å². The van der Waals surface area contributed by atoms with Gasteiger partial charge in [0, 0.05) is 19.7 Å². The largest absolute Gasteiger partial charge is 0.378 e. The van der Waals surface area contributed by atoms with E-state index in [1.165, 1.54) is 5.56 Å². The van der Waals surface area contributed by atoms with Gasteiger partial charge in [-0.25, -0.2) is 8.42 Å². The van der Waals surface area contributed by atoms with Crippen LogP contribution in [0.15, 0.2) is 24.3 Å². The number of sulfonamides is 1. The topological polar surface area (TPSA) is 55.8 Å². The summed E-state index contributed by atoms with van der Waals surface area (Å²) in [5, 5.41) is -0.387. The first kappa shape index (κ1) is 16.9. The normalized spacial score (nSPS) is 22.4. The lowest BCUT2D eigenvalue weighted by atomic mass is 10.1. The van der Waals surface area contributed by atoms with Crippen molar-refractivity contribution in [3.05, 3.63) is 35.4 Å². The van der Waals surface area contributed by atoms with E-state index in [-0.39, 0.29) is 11.4 Å². The van der Waals surface area contributed by atoms with Gasteiger partial charge in [0.2, 0.25) is 10.0 Å². The number of aryl methyl sites for hydroxylation is 1. The molecule has 6 heteroatoms. The molecule has 0 spiro atoms. The standard InChI is InChI=1S/C17H25NO4S/c1-14-4-6-15(7-5-14)8-9-18(11-16-3-2-10-22-16)23(19,20)17-12-21-13-17/h4-7,16-17H,2-3,8-13H2,1H3. The zero-order chi connectivity index (χ0) is 16.3. The van der Waals surface area contributed by atoms with E-state index in [1.807, 2.05) is 0 Å². The van der Waals surface area contributed by atoms with Gasteiger partial charge >= 0.3 is 0 Å². The average molecular weight is 339 g/mol. The summed E-state index contributed by atoms with van der Waals surface area (Å²) in [5.41, 5.74) is 2.37. The third-order valence-corrected chi connectivity index (χ3v) is 6.76. The minimum atomic E-state index is -3.30. The molecule has 1 unspecified atom stereocenters. The molecule has 1 aromatic carbocycles. The van der Waals surface area contributed by atoms with Gasteiger partial charge in [0.15, 0.2) is 0 Å². The third-order valence-electron chi connectivity index (χ3n) is 4.59. The van der Waals surface area contributed by atoms with E-state index in [9.17, 15) is 8.42 Å². The van der Waals surface area contributed by atoms with Crippen molar-refractivity contribution < 1.29 is 17.9 Å². The summed E-state index contributed by atoms with van der Waals surface area (Å²) in [4.78, 5) is 0. The third kappa shape index (κ3) is 4.12. The summed E-state index contributed by atoms with van der Waals surface area (Å²) in [6.45, 7) is 4.38. The number of nitrogens with zero attached hydrogens (tertiary/aromatic N) is 1. The summed E-state index contributed by atoms with van der Waals surface area (Å²) in [6.07, 6.45) is 2.71. The average Bonchev–Trinajstić information content (AvgIpc) is 2.95. The molecule has 3 rings (SSSR count). The fraction of sp³-hybridized carbons (Fsp3) is 0.647. The van der Waals surface area contributed by atoms with Crippen LogP contribution in [0.25, 0.3) is 0 Å². The highest BCUT2D eigenvalue weighted by Gasteiger charge is 2.38. The van der Waals surface area contributed by atoms with Gasteiger partial charge in [0.25, 0.3) is 0 Å². The van der Waals surface area contributed by atoms with Crippen LogP contribution in [0.5, 0.6) is 0 Å². The molecule has 1 aromatic rings. The molecular formula is C17H25NO4S. The SMILES string of the molecule is Cc1ccc(CCN(CC2CCCO2)S(=O)(=O)C2COC2)cc1. The van der Waals surface area contributed by atoms with E-state index in [1.54, 1.807) is 4.31 Å². The monoisotopic (exact) mass is 339 g/mol. The Kier molecular flexibility index (Phi) is 5.36. The van der Waals surface area contributed by atoms with Crippen LogP contribution in [0.1, 0.15) is 24.0 Å². The quantitative estimate of drug-likeness (QED) is 0.759. The fourth-order valence-electron chi connectivity index (χ4n) is 2.94. The molecule has 0 saturated carbocycles. The first-order chi connectivity index (χ1) is 11.1. The molecule has 2 heterocycles. The molecule has 0 aromatic heterocycles. The van der Waals surface area contributed by atoms with Gasteiger partial charge in [-0.15, -0.1) is 0 Å². The van der Waals surface area contributed by atoms with Gasteiger partial charge in [-0.2, -0.15) is 4.31 Å². The Morgan fingerprint density at radius 2 is 1.96 bits per heavy atom. The van der Waals surface area contributed by atoms with Gasteiger partial charge in [0.1, 0.15) is 5.25 Å². The molecule has 0 aliphatic carbocycles. The summed E-state index contributed by atoms with van der Waals surface area (Å²) in [7, 11) is -3.30. The van der Waals surface area contributed by atoms with Crippen LogP contribution in [-0.4, -0.2) is 57.0 Å². The first-order valence-corrected chi connectivity index (χ1v) is 9.80. The van der Waals surface area contributed by atoms with Gasteiger partial charge in [0.05, 0.1) is 19.3 Å². The molecule has 5 nitrogen and oxygen atoms in total. The first-order valence-electron chi connectivity index (χ1n) is 8.29. The maximum Gasteiger partial charge on any atom is 0.221 e. The maximum atomic E-state index is 12.8. The second-order valence-corrected chi connectivity index (χ2v) is 8.65. The smallest absolute Gasteiger partial charge is 0.221 e. The van der Waals surface area contributed by atoms with Crippen molar-refractivity contribution >= 4 is 10.0 Å². The van der Waals surface area contributed by atoms with E-state index < -0.39 is 10.0 Å². The van der Waals surface area contributed by atoms with Crippen molar-refractivity contribution in [2.45, 2.75) is 37.5 Å². The van der Waals surface area contributed by atoms with Crippen LogP contribution in [0.4, 0.5) is 0 Å². The maximum absolute atomic E-state index is 12.8. The number of benzene rings is 1. The molecule has 2 aliphatic rings. The van der Waals surface area contributed by atoms with E-state index in [2.05, 4.69) is 31.2 Å². The summed E-state index contributed by atoms with van der Waals surface area (Å²) in [5.74, 6) is 0. The molecule has 0 bridgehead atoms. The van der Waals surface area contributed by atoms with Crippen molar-refractivity contribution in [3.63, 3.8) is 0 Å².